The summed E-state index contributed by atoms with van der Waals surface area (Å²) in [5.41, 5.74) is 9.03. The number of nitrogens with two attached hydrogens (primary N) is 1. The van der Waals surface area contributed by atoms with E-state index >= 15 is 0 Å². The number of aliphatic hydroxyl groups is 1. The van der Waals surface area contributed by atoms with Crippen LogP contribution in [0, 0.1) is 0 Å². The molecule has 2 nitrogen and oxygen atoms in total. The van der Waals surface area contributed by atoms with Crippen molar-refractivity contribution in [2.75, 3.05) is 6.54 Å². The van der Waals surface area contributed by atoms with E-state index in [1.165, 1.54) is 5.56 Å². The predicted molar refractivity (Wildman–Crippen MR) is 88.7 cm³/mol. The van der Waals surface area contributed by atoms with E-state index in [-0.39, 0.29) is 5.92 Å². The first-order valence-electron chi connectivity index (χ1n) is 7.26. The van der Waals surface area contributed by atoms with Crippen molar-refractivity contribution in [2.45, 2.75) is 31.8 Å². The fourth-order valence-corrected chi connectivity index (χ4v) is 2.59. The number of hydrogen-bond acceptors (Lipinski definition) is 2. The zero-order valence-corrected chi connectivity index (χ0v) is 13.2. The molecule has 21 heavy (non-hydrogen) atoms. The fourth-order valence-electron chi connectivity index (χ4n) is 2.47. The molecule has 0 heterocycles. The van der Waals surface area contributed by atoms with Gasteiger partial charge in [0.2, 0.25) is 0 Å². The molecule has 0 saturated heterocycles. The number of benzene rings is 2. The Hall–Kier alpha value is -1.35. The SMILES string of the molecule is CC(C)c1ccc(C(O)C(CN)c2ccc(Cl)cc2)cc1. The highest BCUT2D eigenvalue weighted by Gasteiger charge is 2.21. The van der Waals surface area contributed by atoms with Crippen LogP contribution >= 0.6 is 11.6 Å². The molecule has 0 aliphatic heterocycles. The molecule has 2 rings (SSSR count). The summed E-state index contributed by atoms with van der Waals surface area (Å²) in [6, 6.07) is 15.6. The molecule has 0 bridgehead atoms. The van der Waals surface area contributed by atoms with E-state index in [1.807, 2.05) is 36.4 Å². The summed E-state index contributed by atoms with van der Waals surface area (Å²) < 4.78 is 0. The van der Waals surface area contributed by atoms with E-state index in [9.17, 15) is 5.11 Å². The van der Waals surface area contributed by atoms with Gasteiger partial charge in [0.1, 0.15) is 0 Å². The lowest BCUT2D eigenvalue weighted by molar-refractivity contribution is 0.147. The number of hydrogen-bond donors (Lipinski definition) is 2. The summed E-state index contributed by atoms with van der Waals surface area (Å²) in [5.74, 6) is 0.352. The van der Waals surface area contributed by atoms with Gasteiger partial charge in [0.25, 0.3) is 0 Å². The molecule has 3 N–H and O–H groups in total. The molecule has 0 aromatic heterocycles. The van der Waals surface area contributed by atoms with Crippen molar-refractivity contribution >= 4 is 11.6 Å². The van der Waals surface area contributed by atoms with E-state index < -0.39 is 6.10 Å². The Labute approximate surface area is 131 Å². The van der Waals surface area contributed by atoms with Crippen LogP contribution in [0.2, 0.25) is 5.02 Å². The van der Waals surface area contributed by atoms with Crippen LogP contribution in [0.5, 0.6) is 0 Å². The van der Waals surface area contributed by atoms with Crippen molar-refractivity contribution in [1.82, 2.24) is 0 Å². The Morgan fingerprint density at radius 2 is 1.38 bits per heavy atom. The second kappa shape index (κ2) is 7.08. The van der Waals surface area contributed by atoms with Crippen molar-refractivity contribution in [3.63, 3.8) is 0 Å². The van der Waals surface area contributed by atoms with E-state index in [4.69, 9.17) is 17.3 Å². The molecule has 0 aliphatic rings. The van der Waals surface area contributed by atoms with E-state index in [0.29, 0.717) is 17.5 Å². The zero-order chi connectivity index (χ0) is 15.4. The fraction of sp³-hybridized carbons (Fsp3) is 0.333. The Morgan fingerprint density at radius 1 is 0.905 bits per heavy atom. The maximum absolute atomic E-state index is 10.6. The molecule has 2 aromatic rings. The largest absolute Gasteiger partial charge is 0.388 e. The first-order valence-corrected chi connectivity index (χ1v) is 7.64. The molecular formula is C18H22ClNO. The van der Waals surface area contributed by atoms with E-state index in [2.05, 4.69) is 26.0 Å². The second-order valence-corrected chi connectivity index (χ2v) is 6.10. The van der Waals surface area contributed by atoms with Gasteiger partial charge < -0.3 is 10.8 Å². The molecule has 0 radical (unpaired) electrons. The lowest BCUT2D eigenvalue weighted by Gasteiger charge is -2.23. The van der Waals surface area contributed by atoms with Crippen molar-refractivity contribution in [2.24, 2.45) is 5.73 Å². The summed E-state index contributed by atoms with van der Waals surface area (Å²) in [5, 5.41) is 11.3. The molecule has 0 saturated carbocycles. The highest BCUT2D eigenvalue weighted by molar-refractivity contribution is 6.30. The maximum atomic E-state index is 10.6. The van der Waals surface area contributed by atoms with Crippen LogP contribution in [0.25, 0.3) is 0 Å². The number of halogens is 1. The molecule has 0 amide bonds. The molecule has 2 unspecified atom stereocenters. The summed E-state index contributed by atoms with van der Waals surface area (Å²) >= 11 is 5.91. The van der Waals surface area contributed by atoms with Gasteiger partial charge in [-0.3, -0.25) is 0 Å². The predicted octanol–water partition coefficient (Wildman–Crippen LogP) is 4.24. The Bertz CT molecular complexity index is 563. The van der Waals surface area contributed by atoms with Crippen molar-refractivity contribution in [3.8, 4) is 0 Å². The lowest BCUT2D eigenvalue weighted by atomic mass is 9.88. The minimum Gasteiger partial charge on any atom is -0.388 e. The molecule has 112 valence electrons. The topological polar surface area (TPSA) is 46.2 Å². The van der Waals surface area contributed by atoms with Crippen LogP contribution in [0.4, 0.5) is 0 Å². The Morgan fingerprint density at radius 3 is 1.86 bits per heavy atom. The second-order valence-electron chi connectivity index (χ2n) is 5.66. The molecule has 2 atom stereocenters. The minimum absolute atomic E-state index is 0.132. The van der Waals surface area contributed by atoms with Crippen LogP contribution in [0.1, 0.15) is 48.5 Å². The van der Waals surface area contributed by atoms with Crippen LogP contribution in [-0.2, 0) is 0 Å². The monoisotopic (exact) mass is 303 g/mol. The van der Waals surface area contributed by atoms with Gasteiger partial charge in [0.05, 0.1) is 6.10 Å². The van der Waals surface area contributed by atoms with Gasteiger partial charge in [0.15, 0.2) is 0 Å². The first kappa shape index (κ1) is 16.0. The van der Waals surface area contributed by atoms with Crippen LogP contribution in [0.3, 0.4) is 0 Å². The standard InChI is InChI=1S/C18H22ClNO/c1-12(2)13-3-5-15(6-4-13)18(21)17(11-20)14-7-9-16(19)10-8-14/h3-10,12,17-18,21H,11,20H2,1-2H3. The normalized spacial score (nSPS) is 14.2. The summed E-state index contributed by atoms with van der Waals surface area (Å²) in [7, 11) is 0. The summed E-state index contributed by atoms with van der Waals surface area (Å²) in [4.78, 5) is 0. The van der Waals surface area contributed by atoms with Gasteiger partial charge in [-0.05, 0) is 34.7 Å². The number of aliphatic hydroxyl groups excluding tert-OH is 1. The average Bonchev–Trinajstić information content (AvgIpc) is 2.50. The van der Waals surface area contributed by atoms with Gasteiger partial charge in [-0.2, -0.15) is 0 Å². The molecule has 3 heteroatoms. The molecule has 0 aliphatic carbocycles. The Balaban J connectivity index is 2.23. The zero-order valence-electron chi connectivity index (χ0n) is 12.5. The smallest absolute Gasteiger partial charge is 0.0870 e. The van der Waals surface area contributed by atoms with Crippen molar-refractivity contribution < 1.29 is 5.11 Å². The average molecular weight is 304 g/mol. The highest BCUT2D eigenvalue weighted by atomic mass is 35.5. The number of rotatable bonds is 5. The molecule has 2 aromatic carbocycles. The third kappa shape index (κ3) is 3.85. The molecule has 0 fully saturated rings. The first-order chi connectivity index (χ1) is 10.0. The molecular weight excluding hydrogens is 282 g/mol. The van der Waals surface area contributed by atoms with Gasteiger partial charge >= 0.3 is 0 Å². The third-order valence-corrected chi connectivity index (χ3v) is 4.13. The highest BCUT2D eigenvalue weighted by Crippen LogP contribution is 2.31. The van der Waals surface area contributed by atoms with E-state index in [1.54, 1.807) is 0 Å². The quantitative estimate of drug-likeness (QED) is 0.868. The van der Waals surface area contributed by atoms with Crippen LogP contribution < -0.4 is 5.73 Å². The van der Waals surface area contributed by atoms with Crippen LogP contribution in [0.15, 0.2) is 48.5 Å². The third-order valence-electron chi connectivity index (χ3n) is 3.88. The van der Waals surface area contributed by atoms with Crippen LogP contribution in [-0.4, -0.2) is 11.7 Å². The van der Waals surface area contributed by atoms with Crippen molar-refractivity contribution in [3.05, 3.63) is 70.2 Å². The van der Waals surface area contributed by atoms with Crippen molar-refractivity contribution in [1.29, 1.82) is 0 Å². The lowest BCUT2D eigenvalue weighted by Crippen LogP contribution is -2.20. The summed E-state index contributed by atoms with van der Waals surface area (Å²) in [6.07, 6.45) is -0.614. The maximum Gasteiger partial charge on any atom is 0.0870 e. The van der Waals surface area contributed by atoms with Gasteiger partial charge in [-0.15, -0.1) is 0 Å². The van der Waals surface area contributed by atoms with Gasteiger partial charge in [-0.1, -0.05) is 61.8 Å². The minimum atomic E-state index is -0.614. The summed E-state index contributed by atoms with van der Waals surface area (Å²) in [6.45, 7) is 4.69. The molecule has 0 spiro atoms. The Kier molecular flexibility index (Phi) is 5.40. The van der Waals surface area contributed by atoms with E-state index in [0.717, 1.165) is 11.1 Å². The van der Waals surface area contributed by atoms with Gasteiger partial charge in [-0.25, -0.2) is 0 Å². The van der Waals surface area contributed by atoms with Gasteiger partial charge in [0, 0.05) is 17.5 Å².